The molecule has 0 aliphatic heterocycles. The molecule has 2 amide bonds. The lowest BCUT2D eigenvalue weighted by molar-refractivity contribution is -0.136. The maximum absolute atomic E-state index is 12.5. The molecule has 0 fully saturated rings. The summed E-state index contributed by atoms with van der Waals surface area (Å²) in [5.41, 5.74) is 3.83. The van der Waals surface area contributed by atoms with Gasteiger partial charge in [0, 0.05) is 9.26 Å². The topological polar surface area (TPSA) is 58.2 Å². The van der Waals surface area contributed by atoms with Crippen molar-refractivity contribution in [3.8, 4) is 0 Å². The van der Waals surface area contributed by atoms with Crippen LogP contribution in [0.15, 0.2) is 78.9 Å². The molecule has 1 atom stereocenters. The molecule has 0 aliphatic carbocycles. The number of benzene rings is 3. The molecule has 3 rings (SSSR count). The van der Waals surface area contributed by atoms with Gasteiger partial charge in [0.25, 0.3) is 0 Å². The minimum absolute atomic E-state index is 0.293. The molecule has 28 heavy (non-hydrogen) atoms. The maximum Gasteiger partial charge on any atom is 0.313 e. The van der Waals surface area contributed by atoms with E-state index in [1.807, 2.05) is 79.7 Å². The van der Waals surface area contributed by atoms with Crippen LogP contribution in [0.4, 0.5) is 5.69 Å². The van der Waals surface area contributed by atoms with Crippen LogP contribution in [0, 0.1) is 10.5 Å². The average molecular weight is 484 g/mol. The van der Waals surface area contributed by atoms with Crippen molar-refractivity contribution in [1.29, 1.82) is 0 Å². The molecule has 3 aromatic rings. The number of aryl methyl sites for hydroxylation is 1. The Bertz CT molecular complexity index is 956. The van der Waals surface area contributed by atoms with Gasteiger partial charge in [-0.15, -0.1) is 0 Å². The molecular weight excluding hydrogens is 463 g/mol. The number of halogens is 1. The van der Waals surface area contributed by atoms with E-state index in [-0.39, 0.29) is 6.04 Å². The first-order valence-corrected chi connectivity index (χ1v) is 10.1. The Hall–Kier alpha value is -2.67. The van der Waals surface area contributed by atoms with E-state index in [1.165, 1.54) is 5.56 Å². The van der Waals surface area contributed by atoms with E-state index < -0.39 is 11.8 Å². The van der Waals surface area contributed by atoms with Gasteiger partial charge in [0.05, 0.1) is 6.04 Å². The molecule has 0 heterocycles. The molecule has 1 unspecified atom stereocenters. The molecule has 5 heteroatoms. The van der Waals surface area contributed by atoms with Gasteiger partial charge < -0.3 is 10.6 Å². The third kappa shape index (κ3) is 5.66. The fourth-order valence-corrected chi connectivity index (χ4v) is 3.42. The number of nitrogens with one attached hydrogen (secondary N) is 2. The molecule has 0 radical (unpaired) electrons. The van der Waals surface area contributed by atoms with Gasteiger partial charge in [0.1, 0.15) is 0 Å². The van der Waals surface area contributed by atoms with Crippen molar-refractivity contribution in [2.24, 2.45) is 0 Å². The second kappa shape index (κ2) is 9.50. The highest BCUT2D eigenvalue weighted by atomic mass is 127. The predicted molar refractivity (Wildman–Crippen MR) is 120 cm³/mol. The summed E-state index contributed by atoms with van der Waals surface area (Å²) in [5, 5.41) is 5.53. The number of carbonyl (C=O) groups is 2. The zero-order valence-corrected chi connectivity index (χ0v) is 17.6. The van der Waals surface area contributed by atoms with Crippen molar-refractivity contribution in [3.05, 3.63) is 99.1 Å². The zero-order chi connectivity index (χ0) is 19.9. The first-order chi connectivity index (χ1) is 13.5. The van der Waals surface area contributed by atoms with Crippen molar-refractivity contribution in [1.82, 2.24) is 5.32 Å². The van der Waals surface area contributed by atoms with Crippen LogP contribution in [0.3, 0.4) is 0 Å². The highest BCUT2D eigenvalue weighted by Gasteiger charge is 2.20. The number of carbonyl (C=O) groups excluding carboxylic acids is 2. The van der Waals surface area contributed by atoms with Crippen LogP contribution in [-0.2, 0) is 16.0 Å². The lowest BCUT2D eigenvalue weighted by Gasteiger charge is -2.19. The number of amides is 2. The number of hydrogen-bond donors (Lipinski definition) is 2. The summed E-state index contributed by atoms with van der Waals surface area (Å²) >= 11 is 2.16. The molecule has 3 aromatic carbocycles. The van der Waals surface area contributed by atoms with Crippen LogP contribution in [0.1, 0.15) is 22.7 Å². The SMILES string of the molecule is Cc1ccc(CC(NC(=O)C(=O)Nc2cccc(I)c2)c2ccccc2)cc1. The summed E-state index contributed by atoms with van der Waals surface area (Å²) in [7, 11) is 0. The van der Waals surface area contributed by atoms with Crippen molar-refractivity contribution < 1.29 is 9.59 Å². The highest BCUT2D eigenvalue weighted by molar-refractivity contribution is 14.1. The van der Waals surface area contributed by atoms with Gasteiger partial charge >= 0.3 is 11.8 Å². The standard InChI is InChI=1S/C23H21IN2O2/c1-16-10-12-17(13-11-16)14-21(18-6-3-2-4-7-18)26-23(28)22(27)25-20-9-5-8-19(24)15-20/h2-13,15,21H,14H2,1H3,(H,25,27)(H,26,28). The Kier molecular flexibility index (Phi) is 6.81. The van der Waals surface area contributed by atoms with Crippen LogP contribution < -0.4 is 10.6 Å². The quantitative estimate of drug-likeness (QED) is 0.410. The van der Waals surface area contributed by atoms with E-state index in [4.69, 9.17) is 0 Å². The third-order valence-electron chi connectivity index (χ3n) is 4.36. The lowest BCUT2D eigenvalue weighted by atomic mass is 9.98. The molecular formula is C23H21IN2O2. The molecule has 0 saturated heterocycles. The van der Waals surface area contributed by atoms with E-state index >= 15 is 0 Å². The van der Waals surface area contributed by atoms with Crippen molar-refractivity contribution in [3.63, 3.8) is 0 Å². The summed E-state index contributed by atoms with van der Waals surface area (Å²) in [6, 6.07) is 24.9. The van der Waals surface area contributed by atoms with Crippen LogP contribution in [0.5, 0.6) is 0 Å². The summed E-state index contributed by atoms with van der Waals surface area (Å²) in [5.74, 6) is -1.33. The Morgan fingerprint density at radius 2 is 1.61 bits per heavy atom. The number of rotatable bonds is 5. The van der Waals surface area contributed by atoms with E-state index in [1.54, 1.807) is 6.07 Å². The Morgan fingerprint density at radius 3 is 2.29 bits per heavy atom. The van der Waals surface area contributed by atoms with Crippen LogP contribution >= 0.6 is 22.6 Å². The third-order valence-corrected chi connectivity index (χ3v) is 5.03. The van der Waals surface area contributed by atoms with Gasteiger partial charge in [0.15, 0.2) is 0 Å². The van der Waals surface area contributed by atoms with Gasteiger partial charge in [-0.3, -0.25) is 9.59 Å². The Morgan fingerprint density at radius 1 is 0.893 bits per heavy atom. The molecule has 4 nitrogen and oxygen atoms in total. The van der Waals surface area contributed by atoms with E-state index in [0.29, 0.717) is 12.1 Å². The minimum Gasteiger partial charge on any atom is -0.341 e. The predicted octanol–water partition coefficient (Wildman–Crippen LogP) is 4.64. The minimum atomic E-state index is -0.674. The number of anilines is 1. The molecule has 0 aliphatic rings. The molecule has 0 spiro atoms. The fourth-order valence-electron chi connectivity index (χ4n) is 2.88. The van der Waals surface area contributed by atoms with Crippen molar-refractivity contribution in [2.75, 3.05) is 5.32 Å². The first kappa shape index (κ1) is 20.1. The van der Waals surface area contributed by atoms with Crippen LogP contribution in [0.25, 0.3) is 0 Å². The monoisotopic (exact) mass is 484 g/mol. The summed E-state index contributed by atoms with van der Waals surface area (Å²) in [6.07, 6.45) is 0.604. The smallest absolute Gasteiger partial charge is 0.313 e. The number of hydrogen-bond acceptors (Lipinski definition) is 2. The lowest BCUT2D eigenvalue weighted by Crippen LogP contribution is -2.38. The first-order valence-electron chi connectivity index (χ1n) is 8.99. The molecule has 142 valence electrons. The van der Waals surface area contributed by atoms with Gasteiger partial charge in [-0.2, -0.15) is 0 Å². The summed E-state index contributed by atoms with van der Waals surface area (Å²) < 4.78 is 0.984. The maximum atomic E-state index is 12.5. The van der Waals surface area contributed by atoms with Gasteiger partial charge in [-0.1, -0.05) is 66.2 Å². The fraction of sp³-hybridized carbons (Fsp3) is 0.130. The van der Waals surface area contributed by atoms with E-state index in [0.717, 1.165) is 14.7 Å². The molecule has 0 bridgehead atoms. The summed E-state index contributed by atoms with van der Waals surface area (Å²) in [4.78, 5) is 24.9. The molecule has 0 saturated carbocycles. The average Bonchev–Trinajstić information content (AvgIpc) is 2.69. The second-order valence-corrected chi connectivity index (χ2v) is 7.84. The van der Waals surface area contributed by atoms with Crippen molar-refractivity contribution in [2.45, 2.75) is 19.4 Å². The zero-order valence-electron chi connectivity index (χ0n) is 15.5. The van der Waals surface area contributed by atoms with E-state index in [2.05, 4.69) is 33.2 Å². The van der Waals surface area contributed by atoms with Gasteiger partial charge in [0.2, 0.25) is 0 Å². The van der Waals surface area contributed by atoms with Crippen LogP contribution in [-0.4, -0.2) is 11.8 Å². The summed E-state index contributed by atoms with van der Waals surface area (Å²) in [6.45, 7) is 2.04. The van der Waals surface area contributed by atoms with Gasteiger partial charge in [-0.05, 0) is 65.3 Å². The van der Waals surface area contributed by atoms with E-state index in [9.17, 15) is 9.59 Å². The molecule has 2 N–H and O–H groups in total. The Labute approximate surface area is 178 Å². The van der Waals surface area contributed by atoms with Crippen molar-refractivity contribution >= 4 is 40.1 Å². The normalized spacial score (nSPS) is 11.5. The van der Waals surface area contributed by atoms with Gasteiger partial charge in [-0.25, -0.2) is 0 Å². The second-order valence-electron chi connectivity index (χ2n) is 6.59. The molecule has 0 aromatic heterocycles. The Balaban J connectivity index is 1.73. The van der Waals surface area contributed by atoms with Crippen LogP contribution in [0.2, 0.25) is 0 Å². The largest absolute Gasteiger partial charge is 0.341 e. The highest BCUT2D eigenvalue weighted by Crippen LogP contribution is 2.19.